The second-order valence-electron chi connectivity index (χ2n) is 3.38. The first kappa shape index (κ1) is 8.38. The van der Waals surface area contributed by atoms with Gasteiger partial charge in [-0.25, -0.2) is 4.39 Å². The molecule has 1 saturated carbocycles. The van der Waals surface area contributed by atoms with Gasteiger partial charge in [-0.2, -0.15) is 0 Å². The van der Waals surface area contributed by atoms with E-state index in [2.05, 4.69) is 0 Å². The lowest BCUT2D eigenvalue weighted by Gasteiger charge is -2.10. The van der Waals surface area contributed by atoms with E-state index in [-0.39, 0.29) is 0 Å². The van der Waals surface area contributed by atoms with Crippen LogP contribution in [0.5, 0.6) is 0 Å². The molecule has 0 amide bonds. The first-order valence-corrected chi connectivity index (χ1v) is 4.13. The minimum absolute atomic E-state index is 0.376. The number of carbonyl (C=O) groups excluding carboxylic acids is 1. The Balaban J connectivity index is 2.52. The molecule has 0 heterocycles. The molecule has 2 rings (SSSR count). The van der Waals surface area contributed by atoms with Crippen molar-refractivity contribution in [3.05, 3.63) is 35.1 Å². The SMILES string of the molecule is O=Cc1ccc(F)cc1C1(O)CC1. The van der Waals surface area contributed by atoms with Gasteiger partial charge >= 0.3 is 0 Å². The Kier molecular flexibility index (Phi) is 1.70. The van der Waals surface area contributed by atoms with Crippen LogP contribution in [-0.4, -0.2) is 11.4 Å². The smallest absolute Gasteiger partial charge is 0.150 e. The van der Waals surface area contributed by atoms with Crippen LogP contribution in [0.25, 0.3) is 0 Å². The summed E-state index contributed by atoms with van der Waals surface area (Å²) in [7, 11) is 0. The molecule has 0 aromatic heterocycles. The Hall–Kier alpha value is -1.22. The molecule has 0 bridgehead atoms. The van der Waals surface area contributed by atoms with Crippen molar-refractivity contribution in [2.24, 2.45) is 0 Å². The summed E-state index contributed by atoms with van der Waals surface area (Å²) < 4.78 is 12.8. The average Bonchev–Trinajstić information content (AvgIpc) is 2.85. The number of aldehydes is 1. The molecule has 0 saturated heterocycles. The van der Waals surface area contributed by atoms with Gasteiger partial charge in [0.15, 0.2) is 0 Å². The van der Waals surface area contributed by atoms with Crippen molar-refractivity contribution in [2.75, 3.05) is 0 Å². The van der Waals surface area contributed by atoms with Crippen molar-refractivity contribution in [3.63, 3.8) is 0 Å². The minimum Gasteiger partial charge on any atom is -0.385 e. The van der Waals surface area contributed by atoms with Crippen molar-refractivity contribution in [1.29, 1.82) is 0 Å². The minimum atomic E-state index is -0.946. The van der Waals surface area contributed by atoms with E-state index in [1.54, 1.807) is 0 Å². The van der Waals surface area contributed by atoms with Gasteiger partial charge < -0.3 is 5.11 Å². The summed E-state index contributed by atoms with van der Waals surface area (Å²) in [4.78, 5) is 10.6. The molecule has 0 aliphatic heterocycles. The maximum absolute atomic E-state index is 12.8. The maximum Gasteiger partial charge on any atom is 0.150 e. The van der Waals surface area contributed by atoms with Gasteiger partial charge in [-0.05, 0) is 36.6 Å². The first-order valence-electron chi connectivity index (χ1n) is 4.13. The number of halogens is 1. The van der Waals surface area contributed by atoms with Crippen LogP contribution in [0.15, 0.2) is 18.2 Å². The fourth-order valence-corrected chi connectivity index (χ4v) is 1.42. The zero-order valence-corrected chi connectivity index (χ0v) is 6.96. The molecule has 13 heavy (non-hydrogen) atoms. The summed E-state index contributed by atoms with van der Waals surface area (Å²) in [5.41, 5.74) is -0.151. The fraction of sp³-hybridized carbons (Fsp3) is 0.300. The van der Waals surface area contributed by atoms with Crippen molar-refractivity contribution >= 4 is 6.29 Å². The van der Waals surface area contributed by atoms with Crippen molar-refractivity contribution in [1.82, 2.24) is 0 Å². The van der Waals surface area contributed by atoms with Crippen LogP contribution in [0.3, 0.4) is 0 Å². The standard InChI is InChI=1S/C10H9FO2/c11-8-2-1-7(6-12)9(5-8)10(13)3-4-10/h1-2,5-6,13H,3-4H2. The van der Waals surface area contributed by atoms with E-state index in [0.717, 1.165) is 0 Å². The lowest BCUT2D eigenvalue weighted by Crippen LogP contribution is -2.08. The molecule has 1 aromatic rings. The molecule has 1 aliphatic carbocycles. The van der Waals surface area contributed by atoms with Gasteiger partial charge in [0, 0.05) is 5.56 Å². The van der Waals surface area contributed by atoms with E-state index in [1.807, 2.05) is 0 Å². The van der Waals surface area contributed by atoms with Crippen LogP contribution in [0, 0.1) is 5.82 Å². The molecule has 1 aliphatic rings. The second kappa shape index (κ2) is 2.64. The second-order valence-corrected chi connectivity index (χ2v) is 3.38. The Morgan fingerprint density at radius 2 is 2.15 bits per heavy atom. The molecule has 0 radical (unpaired) electrons. The Morgan fingerprint density at radius 3 is 2.69 bits per heavy atom. The number of carbonyl (C=O) groups is 1. The number of aliphatic hydroxyl groups is 1. The van der Waals surface area contributed by atoms with Crippen LogP contribution in [-0.2, 0) is 5.60 Å². The zero-order chi connectivity index (χ0) is 9.47. The van der Waals surface area contributed by atoms with Crippen LogP contribution < -0.4 is 0 Å². The Labute approximate surface area is 75.0 Å². The predicted molar refractivity (Wildman–Crippen MR) is 44.9 cm³/mol. The Bertz CT molecular complexity index is 356. The van der Waals surface area contributed by atoms with Gasteiger partial charge in [0.2, 0.25) is 0 Å². The van der Waals surface area contributed by atoms with E-state index in [1.165, 1.54) is 18.2 Å². The molecule has 0 atom stereocenters. The maximum atomic E-state index is 12.8. The third kappa shape index (κ3) is 1.35. The molecule has 1 N–H and O–H groups in total. The number of hydrogen-bond donors (Lipinski definition) is 1. The topological polar surface area (TPSA) is 37.3 Å². The van der Waals surface area contributed by atoms with Gasteiger partial charge in [0.1, 0.15) is 12.1 Å². The molecule has 1 aromatic carbocycles. The summed E-state index contributed by atoms with van der Waals surface area (Å²) in [5, 5.41) is 9.71. The normalized spacial score (nSPS) is 18.3. The third-order valence-corrected chi connectivity index (χ3v) is 2.37. The predicted octanol–water partition coefficient (Wildman–Crippen LogP) is 1.62. The monoisotopic (exact) mass is 180 g/mol. The average molecular weight is 180 g/mol. The van der Waals surface area contributed by atoms with Crippen molar-refractivity contribution in [2.45, 2.75) is 18.4 Å². The summed E-state index contributed by atoms with van der Waals surface area (Å²) in [6.07, 6.45) is 1.86. The summed E-state index contributed by atoms with van der Waals surface area (Å²) in [6, 6.07) is 3.85. The molecular weight excluding hydrogens is 171 g/mol. The van der Waals surface area contributed by atoms with Gasteiger partial charge in [0.25, 0.3) is 0 Å². The van der Waals surface area contributed by atoms with Crippen LogP contribution >= 0.6 is 0 Å². The number of rotatable bonds is 2. The molecular formula is C10H9FO2. The molecule has 0 spiro atoms. The summed E-state index contributed by atoms with van der Waals surface area (Å²) >= 11 is 0. The van der Waals surface area contributed by atoms with E-state index in [9.17, 15) is 14.3 Å². The molecule has 1 fully saturated rings. The van der Waals surface area contributed by atoms with Gasteiger partial charge in [0.05, 0.1) is 5.60 Å². The quantitative estimate of drug-likeness (QED) is 0.702. The van der Waals surface area contributed by atoms with Crippen LogP contribution in [0.2, 0.25) is 0 Å². The lowest BCUT2D eigenvalue weighted by atomic mass is 10.0. The summed E-state index contributed by atoms with van der Waals surface area (Å²) in [5.74, 6) is -0.416. The highest BCUT2D eigenvalue weighted by molar-refractivity contribution is 5.78. The van der Waals surface area contributed by atoms with E-state index < -0.39 is 11.4 Å². The van der Waals surface area contributed by atoms with E-state index >= 15 is 0 Å². The zero-order valence-electron chi connectivity index (χ0n) is 6.96. The lowest BCUT2D eigenvalue weighted by molar-refractivity contribution is 0.110. The van der Waals surface area contributed by atoms with Crippen molar-refractivity contribution < 1.29 is 14.3 Å². The third-order valence-electron chi connectivity index (χ3n) is 2.37. The number of benzene rings is 1. The molecule has 0 unspecified atom stereocenters. The highest BCUT2D eigenvalue weighted by Crippen LogP contribution is 2.46. The molecule has 3 heteroatoms. The highest BCUT2D eigenvalue weighted by Gasteiger charge is 2.43. The van der Waals surface area contributed by atoms with E-state index in [0.29, 0.717) is 30.3 Å². The van der Waals surface area contributed by atoms with Crippen LogP contribution in [0.4, 0.5) is 4.39 Å². The first-order chi connectivity index (χ1) is 6.15. The highest BCUT2D eigenvalue weighted by atomic mass is 19.1. The number of hydrogen-bond acceptors (Lipinski definition) is 2. The van der Waals surface area contributed by atoms with Gasteiger partial charge in [-0.15, -0.1) is 0 Å². The Morgan fingerprint density at radius 1 is 1.46 bits per heavy atom. The fourth-order valence-electron chi connectivity index (χ4n) is 1.42. The van der Waals surface area contributed by atoms with Crippen LogP contribution in [0.1, 0.15) is 28.8 Å². The van der Waals surface area contributed by atoms with Gasteiger partial charge in [-0.3, -0.25) is 4.79 Å². The molecule has 2 nitrogen and oxygen atoms in total. The van der Waals surface area contributed by atoms with E-state index in [4.69, 9.17) is 0 Å². The summed E-state index contributed by atoms with van der Waals surface area (Å²) in [6.45, 7) is 0. The van der Waals surface area contributed by atoms with Crippen molar-refractivity contribution in [3.8, 4) is 0 Å². The van der Waals surface area contributed by atoms with Gasteiger partial charge in [-0.1, -0.05) is 0 Å². The molecule has 68 valence electrons. The largest absolute Gasteiger partial charge is 0.385 e.